The van der Waals surface area contributed by atoms with Gasteiger partial charge in [-0.15, -0.1) is 0 Å². The van der Waals surface area contributed by atoms with E-state index in [1.807, 2.05) is 18.2 Å². The summed E-state index contributed by atoms with van der Waals surface area (Å²) < 4.78 is 0. The van der Waals surface area contributed by atoms with Crippen molar-refractivity contribution in [2.45, 2.75) is 25.3 Å². The molecule has 2 atom stereocenters. The van der Waals surface area contributed by atoms with Crippen LogP contribution in [0.3, 0.4) is 0 Å². The van der Waals surface area contributed by atoms with Gasteiger partial charge in [0.15, 0.2) is 0 Å². The summed E-state index contributed by atoms with van der Waals surface area (Å²) in [7, 11) is 2.23. The molecular weight excluding hydrogens is 327 g/mol. The molecule has 0 aromatic heterocycles. The molecule has 0 amide bonds. The average Bonchev–Trinajstić information content (AvgIpc) is 2.81. The van der Waals surface area contributed by atoms with Crippen LogP contribution in [0.2, 0.25) is 10.0 Å². The number of likely N-dealkylation sites (N-methyl/N-ethyl adjacent to an activating group) is 1. The van der Waals surface area contributed by atoms with Crippen LogP contribution in [-0.2, 0) is 0 Å². The van der Waals surface area contributed by atoms with Crippen LogP contribution in [0.4, 0.5) is 5.69 Å². The van der Waals surface area contributed by atoms with Crippen molar-refractivity contribution in [2.24, 2.45) is 0 Å². The van der Waals surface area contributed by atoms with E-state index in [9.17, 15) is 0 Å². The second kappa shape index (κ2) is 5.70. The van der Waals surface area contributed by atoms with Gasteiger partial charge in [-0.1, -0.05) is 29.3 Å². The number of nitrogens with zero attached hydrogens (tertiary/aromatic N) is 1. The number of hydrogen-bond donors (Lipinski definition) is 1. The summed E-state index contributed by atoms with van der Waals surface area (Å²) in [4.78, 5) is 2.48. The van der Waals surface area contributed by atoms with Crippen molar-refractivity contribution in [1.29, 1.82) is 0 Å². The molecule has 1 saturated heterocycles. The molecule has 0 radical (unpaired) electrons. The number of hydrogen-bond acceptors (Lipinski definition) is 2. The first-order valence-electron chi connectivity index (χ1n) is 8.10. The monoisotopic (exact) mass is 346 g/mol. The van der Waals surface area contributed by atoms with Crippen LogP contribution >= 0.6 is 23.2 Å². The molecule has 2 aromatic rings. The molecule has 0 aliphatic carbocycles. The van der Waals surface area contributed by atoms with E-state index in [0.717, 1.165) is 18.7 Å². The lowest BCUT2D eigenvalue weighted by Gasteiger charge is -2.31. The number of rotatable bonds is 1. The second-order valence-corrected chi connectivity index (χ2v) is 7.48. The first-order valence-corrected chi connectivity index (χ1v) is 8.85. The Balaban J connectivity index is 1.85. The van der Waals surface area contributed by atoms with Crippen LogP contribution in [-0.4, -0.2) is 26.2 Å². The van der Waals surface area contributed by atoms with Gasteiger partial charge in [0, 0.05) is 46.8 Å². The third-order valence-electron chi connectivity index (χ3n) is 5.27. The van der Waals surface area contributed by atoms with E-state index < -0.39 is 0 Å². The minimum absolute atomic E-state index is 0.563. The molecule has 4 heteroatoms. The third-order valence-corrected chi connectivity index (χ3v) is 5.82. The average molecular weight is 347 g/mol. The number of nitrogens with one attached hydrogen (secondary N) is 1. The van der Waals surface area contributed by atoms with E-state index in [0.29, 0.717) is 22.0 Å². The minimum Gasteiger partial charge on any atom is -0.370 e. The number of piperidine rings is 1. The Hall–Kier alpha value is -1.22. The molecule has 1 fully saturated rings. The van der Waals surface area contributed by atoms with E-state index in [1.165, 1.54) is 28.8 Å². The third kappa shape index (κ3) is 2.44. The van der Waals surface area contributed by atoms with Crippen LogP contribution in [0.25, 0.3) is 11.1 Å². The van der Waals surface area contributed by atoms with Crippen LogP contribution < -0.4 is 10.2 Å². The zero-order chi connectivity index (χ0) is 16.1. The van der Waals surface area contributed by atoms with Gasteiger partial charge in [0.05, 0.1) is 0 Å². The molecule has 0 bridgehead atoms. The molecule has 0 saturated carbocycles. The second-order valence-electron chi connectivity index (χ2n) is 6.63. The summed E-state index contributed by atoms with van der Waals surface area (Å²) in [5.41, 5.74) is 6.41. The molecule has 120 valence electrons. The summed E-state index contributed by atoms with van der Waals surface area (Å²) in [5.74, 6) is 0.563. The van der Waals surface area contributed by atoms with Gasteiger partial charge in [0.2, 0.25) is 0 Å². The summed E-state index contributed by atoms with van der Waals surface area (Å²) >= 11 is 12.5. The van der Waals surface area contributed by atoms with Crippen LogP contribution in [0.15, 0.2) is 30.3 Å². The molecule has 1 N–H and O–H groups in total. The van der Waals surface area contributed by atoms with Gasteiger partial charge in [-0.2, -0.15) is 0 Å². The topological polar surface area (TPSA) is 15.3 Å². The molecule has 2 aromatic carbocycles. The Morgan fingerprint density at radius 2 is 2.00 bits per heavy atom. The van der Waals surface area contributed by atoms with Gasteiger partial charge < -0.3 is 10.2 Å². The molecule has 2 nitrogen and oxygen atoms in total. The highest BCUT2D eigenvalue weighted by Crippen LogP contribution is 2.46. The van der Waals surface area contributed by atoms with Crippen molar-refractivity contribution in [3.8, 4) is 11.1 Å². The highest BCUT2D eigenvalue weighted by Gasteiger charge is 2.39. The number of benzene rings is 2. The number of anilines is 1. The Bertz CT molecular complexity index is 772. The molecule has 23 heavy (non-hydrogen) atoms. The SMILES string of the molecule is Cc1cc(-c2ccc(Cl)cc2Cl)cc2c1N(C)C1CCNCC21. The van der Waals surface area contributed by atoms with Crippen LogP contribution in [0.5, 0.6) is 0 Å². The maximum Gasteiger partial charge on any atom is 0.0499 e. The quantitative estimate of drug-likeness (QED) is 0.792. The van der Waals surface area contributed by atoms with Gasteiger partial charge in [0.1, 0.15) is 0 Å². The zero-order valence-electron chi connectivity index (χ0n) is 13.4. The normalized spacial score (nSPS) is 22.9. The van der Waals surface area contributed by atoms with Gasteiger partial charge in [-0.25, -0.2) is 0 Å². The fourth-order valence-electron chi connectivity index (χ4n) is 4.24. The highest BCUT2D eigenvalue weighted by atomic mass is 35.5. The van der Waals surface area contributed by atoms with Gasteiger partial charge in [-0.05, 0) is 60.8 Å². The molecule has 2 heterocycles. The largest absolute Gasteiger partial charge is 0.370 e. The Kier molecular flexibility index (Phi) is 3.79. The lowest BCUT2D eigenvalue weighted by molar-refractivity contribution is 0.413. The maximum atomic E-state index is 6.43. The zero-order valence-corrected chi connectivity index (χ0v) is 14.9. The standard InChI is InChI=1S/C19H20Cl2N2/c1-11-7-12(14-4-3-13(20)9-17(14)21)8-15-16-10-22-6-5-18(16)23(2)19(11)15/h3-4,7-9,16,18,22H,5-6,10H2,1-2H3. The predicted molar refractivity (Wildman–Crippen MR) is 99.1 cm³/mol. The van der Waals surface area contributed by atoms with Crippen molar-refractivity contribution in [3.63, 3.8) is 0 Å². The fraction of sp³-hybridized carbons (Fsp3) is 0.368. The molecule has 2 aliphatic rings. The maximum absolute atomic E-state index is 6.43. The number of halogens is 2. The Labute approximate surface area is 147 Å². The van der Waals surface area contributed by atoms with E-state index in [4.69, 9.17) is 23.2 Å². The highest BCUT2D eigenvalue weighted by molar-refractivity contribution is 6.36. The predicted octanol–water partition coefficient (Wildman–Crippen LogP) is 4.86. The van der Waals surface area contributed by atoms with E-state index in [2.05, 4.69) is 36.3 Å². The Morgan fingerprint density at radius 3 is 2.78 bits per heavy atom. The van der Waals surface area contributed by atoms with E-state index in [-0.39, 0.29) is 0 Å². The molecule has 4 rings (SSSR count). The number of fused-ring (bicyclic) bond motifs is 3. The Morgan fingerprint density at radius 1 is 1.17 bits per heavy atom. The summed E-state index contributed by atoms with van der Waals surface area (Å²) in [6.45, 7) is 4.36. The lowest BCUT2D eigenvalue weighted by Crippen LogP contribution is -2.42. The van der Waals surface area contributed by atoms with E-state index in [1.54, 1.807) is 0 Å². The first kappa shape index (κ1) is 15.3. The van der Waals surface area contributed by atoms with Crippen molar-refractivity contribution in [2.75, 3.05) is 25.0 Å². The molecular formula is C19H20Cl2N2. The fourth-order valence-corrected chi connectivity index (χ4v) is 4.76. The lowest BCUT2D eigenvalue weighted by atomic mass is 9.88. The van der Waals surface area contributed by atoms with Crippen LogP contribution in [0, 0.1) is 6.92 Å². The first-order chi connectivity index (χ1) is 11.1. The van der Waals surface area contributed by atoms with Gasteiger partial charge >= 0.3 is 0 Å². The molecule has 2 unspecified atom stereocenters. The minimum atomic E-state index is 0.563. The summed E-state index contributed by atoms with van der Waals surface area (Å²) in [5, 5.41) is 4.93. The smallest absolute Gasteiger partial charge is 0.0499 e. The summed E-state index contributed by atoms with van der Waals surface area (Å²) in [6.07, 6.45) is 1.20. The van der Waals surface area contributed by atoms with Crippen molar-refractivity contribution in [1.82, 2.24) is 5.32 Å². The molecule has 2 aliphatic heterocycles. The van der Waals surface area contributed by atoms with E-state index >= 15 is 0 Å². The van der Waals surface area contributed by atoms with Gasteiger partial charge in [-0.3, -0.25) is 0 Å². The van der Waals surface area contributed by atoms with Crippen molar-refractivity contribution >= 4 is 28.9 Å². The van der Waals surface area contributed by atoms with Gasteiger partial charge in [0.25, 0.3) is 0 Å². The van der Waals surface area contributed by atoms with Crippen LogP contribution in [0.1, 0.15) is 23.5 Å². The van der Waals surface area contributed by atoms with Crippen molar-refractivity contribution < 1.29 is 0 Å². The molecule has 0 spiro atoms. The van der Waals surface area contributed by atoms with Crippen molar-refractivity contribution in [3.05, 3.63) is 51.5 Å². The summed E-state index contributed by atoms with van der Waals surface area (Å²) in [6, 6.07) is 10.9. The number of aryl methyl sites for hydroxylation is 1.